The average Bonchev–Trinajstić information content (AvgIpc) is 2.05. The maximum atomic E-state index is 5.24. The van der Waals surface area contributed by atoms with Crippen LogP contribution in [0.5, 0.6) is 5.75 Å². The van der Waals surface area contributed by atoms with Crippen LogP contribution in [0.1, 0.15) is 11.5 Å². The van der Waals surface area contributed by atoms with Crippen LogP contribution in [0.3, 0.4) is 0 Å². The molecule has 0 radical (unpaired) electrons. The maximum Gasteiger partial charge on any atom is 0.133 e. The van der Waals surface area contributed by atoms with Gasteiger partial charge >= 0.3 is 0 Å². The highest BCUT2D eigenvalue weighted by Crippen LogP contribution is 2.34. The van der Waals surface area contributed by atoms with Crippen LogP contribution in [0.4, 0.5) is 0 Å². The summed E-state index contributed by atoms with van der Waals surface area (Å²) in [5.41, 5.74) is 1.35. The summed E-state index contributed by atoms with van der Waals surface area (Å²) in [6.07, 6.45) is 0. The molecule has 0 unspecified atom stereocenters. The molecule has 3 heteroatoms. The first-order valence-electron chi connectivity index (χ1n) is 4.36. The van der Waals surface area contributed by atoms with E-state index in [1.807, 2.05) is 12.1 Å². The normalized spacial score (nSPS) is 16.8. The zero-order chi connectivity index (χ0) is 9.26. The molecule has 1 saturated heterocycles. The lowest BCUT2D eigenvalue weighted by Crippen LogP contribution is -2.40. The smallest absolute Gasteiger partial charge is 0.133 e. The third kappa shape index (κ3) is 1.58. The quantitative estimate of drug-likeness (QED) is 0.857. The second kappa shape index (κ2) is 3.68. The molecule has 1 aromatic carbocycles. The fraction of sp³-hybridized carbons (Fsp3) is 0.400. The van der Waals surface area contributed by atoms with Crippen LogP contribution in [0.15, 0.2) is 22.7 Å². The Bertz CT molecular complexity index is 310. The molecule has 70 valence electrons. The number of nitrogens with one attached hydrogen (secondary N) is 1. The highest BCUT2D eigenvalue weighted by molar-refractivity contribution is 9.10. The average molecular weight is 242 g/mol. The Labute approximate surface area is 86.4 Å². The van der Waals surface area contributed by atoms with Crippen molar-refractivity contribution in [1.82, 2.24) is 5.32 Å². The van der Waals surface area contributed by atoms with Crippen molar-refractivity contribution in [3.05, 3.63) is 28.2 Å². The van der Waals surface area contributed by atoms with Crippen LogP contribution < -0.4 is 10.1 Å². The van der Waals surface area contributed by atoms with E-state index in [0.29, 0.717) is 5.92 Å². The zero-order valence-electron chi connectivity index (χ0n) is 7.51. The number of hydrogen-bond donors (Lipinski definition) is 1. The van der Waals surface area contributed by atoms with E-state index in [2.05, 4.69) is 27.3 Å². The van der Waals surface area contributed by atoms with Crippen LogP contribution in [-0.2, 0) is 0 Å². The van der Waals surface area contributed by atoms with E-state index in [1.54, 1.807) is 7.11 Å². The van der Waals surface area contributed by atoms with Gasteiger partial charge in [-0.1, -0.05) is 12.1 Å². The molecule has 1 fully saturated rings. The maximum absolute atomic E-state index is 5.24. The molecule has 1 aromatic rings. The lowest BCUT2D eigenvalue weighted by atomic mass is 9.94. The van der Waals surface area contributed by atoms with E-state index in [1.165, 1.54) is 5.56 Å². The minimum Gasteiger partial charge on any atom is -0.496 e. The van der Waals surface area contributed by atoms with Gasteiger partial charge in [0.1, 0.15) is 5.75 Å². The molecule has 0 amide bonds. The van der Waals surface area contributed by atoms with E-state index < -0.39 is 0 Å². The van der Waals surface area contributed by atoms with Crippen molar-refractivity contribution in [2.24, 2.45) is 0 Å². The summed E-state index contributed by atoms with van der Waals surface area (Å²) in [4.78, 5) is 0. The van der Waals surface area contributed by atoms with Crippen LogP contribution in [0.25, 0.3) is 0 Å². The highest BCUT2D eigenvalue weighted by Gasteiger charge is 2.22. The monoisotopic (exact) mass is 241 g/mol. The van der Waals surface area contributed by atoms with E-state index in [0.717, 1.165) is 23.3 Å². The molecular formula is C10H12BrNO. The number of hydrogen-bond acceptors (Lipinski definition) is 2. The Balaban J connectivity index is 2.33. The summed E-state index contributed by atoms with van der Waals surface area (Å²) in [5, 5.41) is 3.26. The third-order valence-electron chi connectivity index (χ3n) is 2.43. The van der Waals surface area contributed by atoms with Crippen molar-refractivity contribution in [2.45, 2.75) is 5.92 Å². The molecule has 0 spiro atoms. The molecular weight excluding hydrogens is 230 g/mol. The standard InChI is InChI=1S/C10H12BrNO/c1-13-9-4-2-3-8(10(9)11)7-5-12-6-7/h2-4,7,12H,5-6H2,1H3. The summed E-state index contributed by atoms with van der Waals surface area (Å²) in [6.45, 7) is 2.15. The van der Waals surface area contributed by atoms with Crippen LogP contribution >= 0.6 is 15.9 Å². The van der Waals surface area contributed by atoms with Crippen molar-refractivity contribution >= 4 is 15.9 Å². The number of halogens is 1. The van der Waals surface area contributed by atoms with Crippen LogP contribution in [-0.4, -0.2) is 20.2 Å². The molecule has 0 aromatic heterocycles. The molecule has 1 aliphatic rings. The number of ether oxygens (including phenoxy) is 1. The Morgan fingerprint density at radius 3 is 2.77 bits per heavy atom. The number of rotatable bonds is 2. The topological polar surface area (TPSA) is 21.3 Å². The summed E-state index contributed by atoms with van der Waals surface area (Å²) >= 11 is 3.56. The zero-order valence-corrected chi connectivity index (χ0v) is 9.10. The molecule has 1 N–H and O–H groups in total. The van der Waals surface area contributed by atoms with Gasteiger partial charge < -0.3 is 10.1 Å². The third-order valence-corrected chi connectivity index (χ3v) is 3.28. The second-order valence-electron chi connectivity index (χ2n) is 3.22. The van der Waals surface area contributed by atoms with Gasteiger partial charge in [-0.25, -0.2) is 0 Å². The van der Waals surface area contributed by atoms with Gasteiger partial charge in [0.25, 0.3) is 0 Å². The van der Waals surface area contributed by atoms with Crippen molar-refractivity contribution in [3.8, 4) is 5.75 Å². The first kappa shape index (κ1) is 9.03. The molecule has 0 saturated carbocycles. The fourth-order valence-electron chi connectivity index (χ4n) is 1.51. The molecule has 1 aliphatic heterocycles. The lowest BCUT2D eigenvalue weighted by Gasteiger charge is -2.28. The molecule has 0 atom stereocenters. The molecule has 0 aliphatic carbocycles. The second-order valence-corrected chi connectivity index (χ2v) is 4.01. The Hall–Kier alpha value is -0.540. The van der Waals surface area contributed by atoms with E-state index >= 15 is 0 Å². The van der Waals surface area contributed by atoms with Gasteiger partial charge in [0.05, 0.1) is 11.6 Å². The summed E-state index contributed by atoms with van der Waals surface area (Å²) in [7, 11) is 1.70. The minimum absolute atomic E-state index is 0.643. The summed E-state index contributed by atoms with van der Waals surface area (Å²) in [6, 6.07) is 6.16. The predicted molar refractivity (Wildman–Crippen MR) is 56.3 cm³/mol. The van der Waals surface area contributed by atoms with Crippen LogP contribution in [0, 0.1) is 0 Å². The number of benzene rings is 1. The first-order valence-corrected chi connectivity index (χ1v) is 5.15. The van der Waals surface area contributed by atoms with Gasteiger partial charge in [-0.3, -0.25) is 0 Å². The predicted octanol–water partition coefficient (Wildman–Crippen LogP) is 2.14. The van der Waals surface area contributed by atoms with Crippen molar-refractivity contribution in [1.29, 1.82) is 0 Å². The summed E-state index contributed by atoms with van der Waals surface area (Å²) in [5.74, 6) is 1.56. The largest absolute Gasteiger partial charge is 0.496 e. The van der Waals surface area contributed by atoms with Gasteiger partial charge in [0, 0.05) is 19.0 Å². The molecule has 2 nitrogen and oxygen atoms in total. The Kier molecular flexibility index (Phi) is 2.56. The van der Waals surface area contributed by atoms with E-state index in [4.69, 9.17) is 4.74 Å². The Morgan fingerprint density at radius 2 is 2.23 bits per heavy atom. The Morgan fingerprint density at radius 1 is 1.46 bits per heavy atom. The number of methoxy groups -OCH3 is 1. The first-order chi connectivity index (χ1) is 6.33. The summed E-state index contributed by atoms with van der Waals surface area (Å²) < 4.78 is 6.34. The molecule has 2 rings (SSSR count). The van der Waals surface area contributed by atoms with Gasteiger partial charge in [0.2, 0.25) is 0 Å². The van der Waals surface area contributed by atoms with Gasteiger partial charge in [-0.15, -0.1) is 0 Å². The van der Waals surface area contributed by atoms with Gasteiger partial charge in [-0.05, 0) is 27.6 Å². The molecule has 0 bridgehead atoms. The van der Waals surface area contributed by atoms with Gasteiger partial charge in [0.15, 0.2) is 0 Å². The lowest BCUT2D eigenvalue weighted by molar-refractivity contribution is 0.406. The molecule has 13 heavy (non-hydrogen) atoms. The SMILES string of the molecule is COc1cccc(C2CNC2)c1Br. The van der Waals surface area contributed by atoms with Crippen LogP contribution in [0.2, 0.25) is 0 Å². The fourth-order valence-corrected chi connectivity index (χ4v) is 2.26. The van der Waals surface area contributed by atoms with Crippen molar-refractivity contribution < 1.29 is 4.74 Å². The van der Waals surface area contributed by atoms with Crippen molar-refractivity contribution in [3.63, 3.8) is 0 Å². The van der Waals surface area contributed by atoms with Crippen molar-refractivity contribution in [2.75, 3.05) is 20.2 Å². The minimum atomic E-state index is 0.643. The van der Waals surface area contributed by atoms with Gasteiger partial charge in [-0.2, -0.15) is 0 Å². The van der Waals surface area contributed by atoms with E-state index in [-0.39, 0.29) is 0 Å². The highest BCUT2D eigenvalue weighted by atomic mass is 79.9. The van der Waals surface area contributed by atoms with E-state index in [9.17, 15) is 0 Å². The molecule has 1 heterocycles.